The van der Waals surface area contributed by atoms with Crippen LogP contribution in [-0.2, 0) is 19.1 Å². The molecule has 5 rings (SSSR count). The number of carbonyl (C=O) groups is 2. The van der Waals surface area contributed by atoms with Crippen molar-refractivity contribution in [3.8, 4) is 5.75 Å². The highest BCUT2D eigenvalue weighted by atomic mass is 19.1. The van der Waals surface area contributed by atoms with Gasteiger partial charge in [0.15, 0.2) is 11.5 Å². The number of ether oxygens (including phenoxy) is 3. The number of hydrogen-bond acceptors (Lipinski definition) is 6. The molecule has 7 atom stereocenters. The van der Waals surface area contributed by atoms with Gasteiger partial charge < -0.3 is 19.3 Å². The van der Waals surface area contributed by atoms with E-state index in [1.54, 1.807) is 13.0 Å². The Bertz CT molecular complexity index is 1140. The Hall–Kier alpha value is -2.35. The Balaban J connectivity index is 1.48. The molecule has 6 nitrogen and oxygen atoms in total. The highest BCUT2D eigenvalue weighted by Gasteiger charge is 2.74. The van der Waals surface area contributed by atoms with Crippen molar-refractivity contribution in [3.05, 3.63) is 53.6 Å². The molecule has 0 aliphatic heterocycles. The molecule has 0 aromatic heterocycles. The molecule has 0 spiro atoms. The summed E-state index contributed by atoms with van der Waals surface area (Å²) in [6.45, 7) is 5.46. The van der Waals surface area contributed by atoms with Gasteiger partial charge in [0.05, 0.1) is 6.10 Å². The van der Waals surface area contributed by atoms with E-state index in [0.717, 1.165) is 11.1 Å². The van der Waals surface area contributed by atoms with Crippen LogP contribution in [0.5, 0.6) is 5.75 Å². The number of aliphatic hydroxyl groups excluding tert-OH is 1. The fourth-order valence-corrected chi connectivity index (χ4v) is 8.03. The van der Waals surface area contributed by atoms with Gasteiger partial charge in [0, 0.05) is 23.9 Å². The second-order valence-electron chi connectivity index (χ2n) is 11.7. The molecule has 0 amide bonds. The van der Waals surface area contributed by atoms with Crippen LogP contribution in [-0.4, -0.2) is 54.6 Å². The number of rotatable bonds is 7. The molecule has 1 aromatic carbocycles. The number of fused-ring (bicyclic) bond motifs is 5. The molecule has 0 heterocycles. The van der Waals surface area contributed by atoms with Gasteiger partial charge in [-0.15, -0.1) is 0 Å². The number of aryl methyl sites for hydroxylation is 1. The van der Waals surface area contributed by atoms with Crippen molar-refractivity contribution in [2.24, 2.45) is 22.7 Å². The largest absolute Gasteiger partial charge is 0.486 e. The smallest absolute Gasteiger partial charge is 0.202 e. The highest BCUT2D eigenvalue weighted by Crippen LogP contribution is 2.70. The lowest BCUT2D eigenvalue weighted by atomic mass is 9.44. The molecule has 200 valence electrons. The lowest BCUT2D eigenvalue weighted by molar-refractivity contribution is -0.237. The number of Topliss-reactive ketones (excluding diaryl/α,β-unsaturated/α-hetero) is 1. The fraction of sp³-hybridized carbons (Fsp3) is 0.600. The highest BCUT2D eigenvalue weighted by molar-refractivity contribution is 6.01. The Kier molecular flexibility index (Phi) is 6.49. The average Bonchev–Trinajstić information content (AvgIpc) is 3.16. The van der Waals surface area contributed by atoms with Crippen LogP contribution in [0.2, 0.25) is 0 Å². The maximum absolute atomic E-state index is 17.3. The van der Waals surface area contributed by atoms with Gasteiger partial charge >= 0.3 is 0 Å². The number of allylic oxidation sites excluding steroid dienone is 4. The third-order valence-electron chi connectivity index (χ3n) is 10.0. The maximum Gasteiger partial charge on any atom is 0.202 e. The van der Waals surface area contributed by atoms with Crippen LogP contribution in [0.1, 0.15) is 51.5 Å². The molecule has 0 unspecified atom stereocenters. The van der Waals surface area contributed by atoms with E-state index in [1.165, 1.54) is 19.3 Å². The zero-order valence-corrected chi connectivity index (χ0v) is 22.1. The normalized spacial score (nSPS) is 40.4. The minimum absolute atomic E-state index is 0.0648. The summed E-state index contributed by atoms with van der Waals surface area (Å²) in [4.78, 5) is 26.0. The number of methoxy groups -OCH3 is 1. The van der Waals surface area contributed by atoms with Crippen molar-refractivity contribution < 1.29 is 33.3 Å². The molecule has 0 radical (unpaired) electrons. The van der Waals surface area contributed by atoms with Crippen LogP contribution in [0.3, 0.4) is 0 Å². The Morgan fingerprint density at radius 2 is 1.89 bits per heavy atom. The predicted octanol–water partition coefficient (Wildman–Crippen LogP) is 4.67. The Morgan fingerprint density at radius 1 is 1.16 bits per heavy atom. The second kappa shape index (κ2) is 9.14. The molecule has 7 heteroatoms. The fourth-order valence-electron chi connectivity index (χ4n) is 8.03. The number of aliphatic hydroxyl groups is 1. The number of ketones is 2. The first-order valence-electron chi connectivity index (χ1n) is 13.2. The van der Waals surface area contributed by atoms with Crippen LogP contribution < -0.4 is 4.74 Å². The number of alkyl halides is 1. The second-order valence-corrected chi connectivity index (χ2v) is 11.7. The third-order valence-corrected chi connectivity index (χ3v) is 10.0. The SMILES string of the molecule is COCO[C@]1(C(=O)COc2ccc(C)cc2)CC[C@H]2[C@@H]3CCC4=CC(=O)C=C[C@]4(C)[C@@]3(F)[C@@H](O)C[C@@]21C. The summed E-state index contributed by atoms with van der Waals surface area (Å²) in [6, 6.07) is 7.48. The van der Waals surface area contributed by atoms with E-state index in [0.29, 0.717) is 31.4 Å². The summed E-state index contributed by atoms with van der Waals surface area (Å²) in [5.74, 6) is -0.452. The van der Waals surface area contributed by atoms with E-state index in [-0.39, 0.29) is 37.3 Å². The van der Waals surface area contributed by atoms with Gasteiger partial charge in [0.2, 0.25) is 5.78 Å². The van der Waals surface area contributed by atoms with Gasteiger partial charge in [0.1, 0.15) is 24.8 Å². The van der Waals surface area contributed by atoms with Gasteiger partial charge in [-0.2, -0.15) is 0 Å². The Labute approximate surface area is 217 Å². The molecular weight excluding hydrogens is 475 g/mol. The summed E-state index contributed by atoms with van der Waals surface area (Å²) in [7, 11) is 1.50. The zero-order valence-electron chi connectivity index (χ0n) is 22.1. The lowest BCUT2D eigenvalue weighted by Gasteiger charge is -2.63. The van der Waals surface area contributed by atoms with E-state index in [4.69, 9.17) is 14.2 Å². The van der Waals surface area contributed by atoms with E-state index in [2.05, 4.69) is 0 Å². The van der Waals surface area contributed by atoms with Gasteiger partial charge in [-0.25, -0.2) is 4.39 Å². The lowest BCUT2D eigenvalue weighted by Crippen LogP contribution is -2.69. The number of carbonyl (C=O) groups excluding carboxylic acids is 2. The van der Waals surface area contributed by atoms with Crippen molar-refractivity contribution in [1.82, 2.24) is 0 Å². The first-order chi connectivity index (χ1) is 17.5. The van der Waals surface area contributed by atoms with Gasteiger partial charge in [-0.3, -0.25) is 9.59 Å². The van der Waals surface area contributed by atoms with Crippen LogP contribution in [0, 0.1) is 29.6 Å². The van der Waals surface area contributed by atoms with Crippen LogP contribution in [0.25, 0.3) is 0 Å². The molecule has 0 saturated heterocycles. The monoisotopic (exact) mass is 512 g/mol. The van der Waals surface area contributed by atoms with Crippen LogP contribution in [0.15, 0.2) is 48.1 Å². The minimum atomic E-state index is -1.95. The summed E-state index contributed by atoms with van der Waals surface area (Å²) in [5.41, 5.74) is -3.27. The summed E-state index contributed by atoms with van der Waals surface area (Å²) in [5, 5.41) is 11.6. The van der Waals surface area contributed by atoms with Crippen molar-refractivity contribution in [3.63, 3.8) is 0 Å². The van der Waals surface area contributed by atoms with Crippen molar-refractivity contribution in [1.29, 1.82) is 0 Å². The summed E-state index contributed by atoms with van der Waals surface area (Å²) in [6.07, 6.45) is 5.41. The van der Waals surface area contributed by atoms with Crippen molar-refractivity contribution >= 4 is 11.6 Å². The summed E-state index contributed by atoms with van der Waals surface area (Å²) >= 11 is 0. The van der Waals surface area contributed by atoms with E-state index in [9.17, 15) is 14.7 Å². The van der Waals surface area contributed by atoms with E-state index >= 15 is 4.39 Å². The molecule has 3 fully saturated rings. The van der Waals surface area contributed by atoms with Gasteiger partial charge in [0.25, 0.3) is 0 Å². The number of benzene rings is 1. The average molecular weight is 513 g/mol. The Morgan fingerprint density at radius 3 is 2.59 bits per heavy atom. The first kappa shape index (κ1) is 26.3. The summed E-state index contributed by atoms with van der Waals surface area (Å²) < 4.78 is 34.7. The molecule has 3 saturated carbocycles. The van der Waals surface area contributed by atoms with Gasteiger partial charge in [-0.05, 0) is 76.2 Å². The molecular formula is C30H37FO6. The van der Waals surface area contributed by atoms with E-state index < -0.39 is 34.1 Å². The molecule has 37 heavy (non-hydrogen) atoms. The molecule has 1 N–H and O–H groups in total. The molecule has 4 aliphatic rings. The maximum atomic E-state index is 17.3. The predicted molar refractivity (Wildman–Crippen MR) is 136 cm³/mol. The van der Waals surface area contributed by atoms with Crippen LogP contribution >= 0.6 is 0 Å². The molecule has 1 aromatic rings. The van der Waals surface area contributed by atoms with Crippen molar-refractivity contribution in [2.45, 2.75) is 70.2 Å². The van der Waals surface area contributed by atoms with Crippen LogP contribution in [0.4, 0.5) is 4.39 Å². The minimum Gasteiger partial charge on any atom is -0.486 e. The third kappa shape index (κ3) is 3.68. The van der Waals surface area contributed by atoms with E-state index in [1.807, 2.05) is 38.1 Å². The standard InChI is InChI=1S/C30H37FO6/c1-19-5-8-22(9-6-19)36-17-26(34)29(37-18-35-4)14-12-23-24-10-7-20-15-21(32)11-13-27(20,2)30(24,31)25(33)16-28(23,29)3/h5-6,8-9,11,13,15,23-25,33H,7,10,12,14,16-18H2,1-4H3/t23-,24-,25-,27-,28-,29-,30-/m0/s1. The van der Waals surface area contributed by atoms with Gasteiger partial charge in [-0.1, -0.05) is 36.3 Å². The first-order valence-corrected chi connectivity index (χ1v) is 13.2. The number of halogens is 1. The zero-order chi connectivity index (χ0) is 26.6. The molecule has 4 aliphatic carbocycles. The number of hydrogen-bond donors (Lipinski definition) is 1. The van der Waals surface area contributed by atoms with Crippen molar-refractivity contribution in [2.75, 3.05) is 20.5 Å². The topological polar surface area (TPSA) is 82.1 Å². The molecule has 0 bridgehead atoms. The quantitative estimate of drug-likeness (QED) is 0.535.